The van der Waals surface area contributed by atoms with Crippen LogP contribution in [0.5, 0.6) is 0 Å². The van der Waals surface area contributed by atoms with Crippen molar-refractivity contribution in [2.24, 2.45) is 11.7 Å². The lowest BCUT2D eigenvalue weighted by Crippen LogP contribution is -2.42. The predicted molar refractivity (Wildman–Crippen MR) is 68.1 cm³/mol. The zero-order valence-electron chi connectivity index (χ0n) is 10.8. The summed E-state index contributed by atoms with van der Waals surface area (Å²) < 4.78 is 0. The maximum absolute atomic E-state index is 12.0. The van der Waals surface area contributed by atoms with Crippen molar-refractivity contribution >= 4 is 5.91 Å². The highest BCUT2D eigenvalue weighted by atomic mass is 16.2. The number of nitrogens with zero attached hydrogens (tertiary/aromatic N) is 2. The molecule has 0 saturated carbocycles. The zero-order chi connectivity index (χ0) is 12.8. The number of pyridine rings is 1. The van der Waals surface area contributed by atoms with E-state index in [0.29, 0.717) is 12.5 Å². The Morgan fingerprint density at radius 2 is 2.24 bits per heavy atom. The van der Waals surface area contributed by atoms with E-state index in [1.807, 2.05) is 12.1 Å². The van der Waals surface area contributed by atoms with E-state index >= 15 is 0 Å². The third-order valence-electron chi connectivity index (χ3n) is 2.56. The molecule has 1 aromatic heterocycles. The average Bonchev–Trinajstić information content (AvgIpc) is 2.28. The number of hydrogen-bond donors (Lipinski definition) is 1. The van der Waals surface area contributed by atoms with Crippen LogP contribution in [0, 0.1) is 5.92 Å². The molecule has 0 aliphatic heterocycles. The lowest BCUT2D eigenvalue weighted by atomic mass is 10.0. The molecule has 0 bridgehead atoms. The van der Waals surface area contributed by atoms with Gasteiger partial charge in [-0.15, -0.1) is 0 Å². The van der Waals surface area contributed by atoms with Gasteiger partial charge in [0.25, 0.3) is 0 Å². The van der Waals surface area contributed by atoms with Gasteiger partial charge in [0, 0.05) is 26.0 Å². The number of likely N-dealkylation sites (N-methyl/N-ethyl adjacent to an activating group) is 1. The Labute approximate surface area is 103 Å². The molecular formula is C13H21N3O. The molecule has 0 aromatic carbocycles. The molecule has 0 spiro atoms. The molecule has 1 rings (SSSR count). The molecule has 0 aliphatic rings. The van der Waals surface area contributed by atoms with Crippen LogP contribution in [0.15, 0.2) is 24.5 Å². The number of hydrogen-bond acceptors (Lipinski definition) is 3. The van der Waals surface area contributed by atoms with Gasteiger partial charge in [0.2, 0.25) is 5.91 Å². The minimum atomic E-state index is -0.406. The molecule has 4 heteroatoms. The molecule has 1 heterocycles. The van der Waals surface area contributed by atoms with E-state index in [2.05, 4.69) is 18.8 Å². The van der Waals surface area contributed by atoms with Crippen molar-refractivity contribution in [3.8, 4) is 0 Å². The number of aromatic nitrogens is 1. The van der Waals surface area contributed by atoms with Crippen LogP contribution in [0.1, 0.15) is 25.8 Å². The first-order valence-electron chi connectivity index (χ1n) is 5.90. The Morgan fingerprint density at radius 1 is 1.53 bits per heavy atom. The predicted octanol–water partition coefficient (Wildman–Crippen LogP) is 1.41. The number of rotatable bonds is 5. The van der Waals surface area contributed by atoms with Gasteiger partial charge in [-0.25, -0.2) is 0 Å². The number of amides is 1. The average molecular weight is 235 g/mol. The van der Waals surface area contributed by atoms with Gasteiger partial charge in [-0.1, -0.05) is 19.9 Å². The summed E-state index contributed by atoms with van der Waals surface area (Å²) in [5, 5.41) is 0. The maximum atomic E-state index is 12.0. The van der Waals surface area contributed by atoms with Crippen molar-refractivity contribution in [3.05, 3.63) is 30.1 Å². The standard InChI is InChI=1S/C13H21N3O/c1-10(2)7-12(14)13(17)16(3)9-11-5-4-6-15-8-11/h4-6,8,10,12H,7,9,14H2,1-3H3/t12-/m0/s1. The first-order valence-corrected chi connectivity index (χ1v) is 5.90. The van der Waals surface area contributed by atoms with E-state index in [-0.39, 0.29) is 5.91 Å². The van der Waals surface area contributed by atoms with Gasteiger partial charge in [0.1, 0.15) is 0 Å². The highest BCUT2D eigenvalue weighted by Crippen LogP contribution is 2.07. The Bertz CT molecular complexity index is 351. The van der Waals surface area contributed by atoms with Gasteiger partial charge in [0.05, 0.1) is 6.04 Å². The van der Waals surface area contributed by atoms with Crippen LogP contribution >= 0.6 is 0 Å². The lowest BCUT2D eigenvalue weighted by Gasteiger charge is -2.22. The van der Waals surface area contributed by atoms with Gasteiger partial charge in [-0.05, 0) is 24.0 Å². The second-order valence-corrected chi connectivity index (χ2v) is 4.79. The van der Waals surface area contributed by atoms with Gasteiger partial charge in [0.15, 0.2) is 0 Å². The summed E-state index contributed by atoms with van der Waals surface area (Å²) in [5.74, 6) is 0.420. The van der Waals surface area contributed by atoms with Crippen LogP contribution in [0.25, 0.3) is 0 Å². The third-order valence-corrected chi connectivity index (χ3v) is 2.56. The molecule has 94 valence electrons. The largest absolute Gasteiger partial charge is 0.340 e. The normalized spacial score (nSPS) is 12.5. The summed E-state index contributed by atoms with van der Waals surface area (Å²) in [5.41, 5.74) is 6.88. The summed E-state index contributed by atoms with van der Waals surface area (Å²) in [6.45, 7) is 4.68. The van der Waals surface area contributed by atoms with Gasteiger partial charge >= 0.3 is 0 Å². The summed E-state index contributed by atoms with van der Waals surface area (Å²) in [6, 6.07) is 3.41. The molecule has 1 amide bonds. The van der Waals surface area contributed by atoms with Gasteiger partial charge in [-0.3, -0.25) is 9.78 Å². The molecule has 2 N–H and O–H groups in total. The second-order valence-electron chi connectivity index (χ2n) is 4.79. The van der Waals surface area contributed by atoms with Crippen molar-refractivity contribution < 1.29 is 4.79 Å². The zero-order valence-corrected chi connectivity index (χ0v) is 10.8. The minimum Gasteiger partial charge on any atom is -0.340 e. The molecular weight excluding hydrogens is 214 g/mol. The summed E-state index contributed by atoms with van der Waals surface area (Å²) in [4.78, 5) is 17.6. The van der Waals surface area contributed by atoms with E-state index in [9.17, 15) is 4.79 Å². The molecule has 0 radical (unpaired) electrons. The Morgan fingerprint density at radius 3 is 2.76 bits per heavy atom. The first-order chi connectivity index (χ1) is 8.00. The summed E-state index contributed by atoms with van der Waals surface area (Å²) >= 11 is 0. The van der Waals surface area contributed by atoms with E-state index in [0.717, 1.165) is 12.0 Å². The molecule has 17 heavy (non-hydrogen) atoms. The quantitative estimate of drug-likeness (QED) is 0.839. The fourth-order valence-electron chi connectivity index (χ4n) is 1.74. The Hall–Kier alpha value is -1.42. The highest BCUT2D eigenvalue weighted by Gasteiger charge is 2.18. The molecule has 1 atom stereocenters. The number of carbonyl (C=O) groups excluding carboxylic acids is 1. The van der Waals surface area contributed by atoms with E-state index in [1.165, 1.54) is 0 Å². The van der Waals surface area contributed by atoms with Gasteiger partial charge in [-0.2, -0.15) is 0 Å². The van der Waals surface area contributed by atoms with E-state index in [4.69, 9.17) is 5.73 Å². The fraction of sp³-hybridized carbons (Fsp3) is 0.538. The number of carbonyl (C=O) groups is 1. The highest BCUT2D eigenvalue weighted by molar-refractivity contribution is 5.81. The second kappa shape index (κ2) is 6.35. The van der Waals surface area contributed by atoms with Crippen molar-refractivity contribution in [3.63, 3.8) is 0 Å². The maximum Gasteiger partial charge on any atom is 0.239 e. The summed E-state index contributed by atoms with van der Waals surface area (Å²) in [7, 11) is 1.77. The minimum absolute atomic E-state index is 0.0115. The summed E-state index contributed by atoms with van der Waals surface area (Å²) in [6.07, 6.45) is 4.20. The monoisotopic (exact) mass is 235 g/mol. The topological polar surface area (TPSA) is 59.2 Å². The van der Waals surface area contributed by atoms with Crippen LogP contribution in [0.3, 0.4) is 0 Å². The van der Waals surface area contributed by atoms with E-state index < -0.39 is 6.04 Å². The van der Waals surface area contributed by atoms with Crippen LogP contribution < -0.4 is 5.73 Å². The Kier molecular flexibility index (Phi) is 5.10. The van der Waals surface area contributed by atoms with Crippen molar-refractivity contribution in [2.45, 2.75) is 32.9 Å². The van der Waals surface area contributed by atoms with E-state index in [1.54, 1.807) is 24.3 Å². The fourth-order valence-corrected chi connectivity index (χ4v) is 1.74. The molecule has 0 saturated heterocycles. The SMILES string of the molecule is CC(C)C[C@H](N)C(=O)N(C)Cc1cccnc1. The van der Waals surface area contributed by atoms with Crippen LogP contribution in [-0.2, 0) is 11.3 Å². The molecule has 1 aromatic rings. The van der Waals surface area contributed by atoms with Crippen molar-refractivity contribution in [2.75, 3.05) is 7.05 Å². The molecule has 0 aliphatic carbocycles. The lowest BCUT2D eigenvalue weighted by molar-refractivity contribution is -0.132. The van der Waals surface area contributed by atoms with Crippen molar-refractivity contribution in [1.82, 2.24) is 9.88 Å². The molecule has 0 unspecified atom stereocenters. The van der Waals surface area contributed by atoms with Gasteiger partial charge < -0.3 is 10.6 Å². The van der Waals surface area contributed by atoms with Crippen molar-refractivity contribution in [1.29, 1.82) is 0 Å². The first kappa shape index (κ1) is 13.6. The van der Waals surface area contributed by atoms with Crippen LogP contribution in [0.4, 0.5) is 0 Å². The third kappa shape index (κ3) is 4.53. The van der Waals surface area contributed by atoms with Crippen LogP contribution in [0.2, 0.25) is 0 Å². The molecule has 0 fully saturated rings. The smallest absolute Gasteiger partial charge is 0.239 e. The Balaban J connectivity index is 2.52. The number of nitrogens with two attached hydrogens (primary N) is 1. The van der Waals surface area contributed by atoms with Crippen LogP contribution in [-0.4, -0.2) is 28.9 Å². The molecule has 4 nitrogen and oxygen atoms in total.